The summed E-state index contributed by atoms with van der Waals surface area (Å²) >= 11 is 0. The number of hydrogen-bond acceptors (Lipinski definition) is 4. The molecule has 2 aliphatic rings. The highest BCUT2D eigenvalue weighted by atomic mass is 16.7. The van der Waals surface area contributed by atoms with Crippen molar-refractivity contribution in [3.63, 3.8) is 0 Å². The predicted molar refractivity (Wildman–Crippen MR) is 73.8 cm³/mol. The van der Waals surface area contributed by atoms with Crippen molar-refractivity contribution in [1.82, 2.24) is 10.4 Å². The van der Waals surface area contributed by atoms with Gasteiger partial charge in [0.1, 0.15) is 0 Å². The summed E-state index contributed by atoms with van der Waals surface area (Å²) in [5.74, 6) is 0. The molecule has 0 spiro atoms. The van der Waals surface area contributed by atoms with Crippen LogP contribution >= 0.6 is 0 Å². The van der Waals surface area contributed by atoms with Crippen LogP contribution in [0.3, 0.4) is 0 Å². The lowest BCUT2D eigenvalue weighted by molar-refractivity contribution is 0.00578. The van der Waals surface area contributed by atoms with Gasteiger partial charge >= 0.3 is 7.12 Å². The lowest BCUT2D eigenvalue weighted by Gasteiger charge is -2.32. The molecule has 0 saturated carbocycles. The van der Waals surface area contributed by atoms with Crippen LogP contribution in [0.4, 0.5) is 0 Å². The summed E-state index contributed by atoms with van der Waals surface area (Å²) < 4.78 is 12.1. The zero-order chi connectivity index (χ0) is 13.6. The standard InChI is InChI=1S/C13H25BN2O2/c1-7-10(2)16-9-11(8-15-16)14-17-12(3,4)13(5,6)18-14/h9-10,15H,7-8H2,1-6H3. The van der Waals surface area contributed by atoms with Crippen molar-refractivity contribution in [2.75, 3.05) is 6.54 Å². The Labute approximate surface area is 111 Å². The Hall–Kier alpha value is -0.515. The summed E-state index contributed by atoms with van der Waals surface area (Å²) in [4.78, 5) is 0. The molecule has 1 N–H and O–H groups in total. The first-order valence-electron chi connectivity index (χ1n) is 6.85. The summed E-state index contributed by atoms with van der Waals surface area (Å²) in [7, 11) is -0.225. The topological polar surface area (TPSA) is 33.7 Å². The van der Waals surface area contributed by atoms with Crippen molar-refractivity contribution < 1.29 is 9.31 Å². The molecule has 0 amide bonds. The lowest BCUT2D eigenvalue weighted by Crippen LogP contribution is -2.41. The van der Waals surface area contributed by atoms with Crippen LogP contribution in [0.25, 0.3) is 0 Å². The second-order valence-corrected chi connectivity index (χ2v) is 6.29. The van der Waals surface area contributed by atoms with Crippen LogP contribution in [-0.4, -0.2) is 35.9 Å². The molecule has 4 nitrogen and oxygen atoms in total. The highest BCUT2D eigenvalue weighted by molar-refractivity contribution is 6.54. The fourth-order valence-electron chi connectivity index (χ4n) is 2.07. The molecule has 1 saturated heterocycles. The molecule has 0 aromatic carbocycles. The maximum Gasteiger partial charge on any atom is 0.493 e. The van der Waals surface area contributed by atoms with Gasteiger partial charge in [-0.1, -0.05) is 6.92 Å². The maximum absolute atomic E-state index is 6.05. The third-order valence-electron chi connectivity index (χ3n) is 4.39. The Kier molecular flexibility index (Phi) is 3.51. The SMILES string of the molecule is CCC(C)N1C=C(B2OC(C)(C)C(C)(C)O2)CN1. The number of nitrogens with one attached hydrogen (secondary N) is 1. The van der Waals surface area contributed by atoms with Gasteiger partial charge in [0.25, 0.3) is 0 Å². The average molecular weight is 252 g/mol. The number of nitrogens with zero attached hydrogens (tertiary/aromatic N) is 1. The summed E-state index contributed by atoms with van der Waals surface area (Å²) in [6.45, 7) is 13.5. The normalized spacial score (nSPS) is 27.6. The zero-order valence-electron chi connectivity index (χ0n) is 12.4. The molecule has 18 heavy (non-hydrogen) atoms. The van der Waals surface area contributed by atoms with E-state index in [-0.39, 0.29) is 18.3 Å². The van der Waals surface area contributed by atoms with Crippen LogP contribution in [0.5, 0.6) is 0 Å². The second-order valence-electron chi connectivity index (χ2n) is 6.29. The summed E-state index contributed by atoms with van der Waals surface area (Å²) in [6, 6.07) is 0.491. The van der Waals surface area contributed by atoms with Gasteiger partial charge < -0.3 is 14.3 Å². The van der Waals surface area contributed by atoms with E-state index >= 15 is 0 Å². The minimum absolute atomic E-state index is 0.225. The van der Waals surface area contributed by atoms with Crippen LogP contribution in [0, 0.1) is 0 Å². The molecule has 1 fully saturated rings. The van der Waals surface area contributed by atoms with E-state index in [1.54, 1.807) is 0 Å². The molecule has 0 aromatic rings. The third kappa shape index (κ3) is 2.31. The van der Waals surface area contributed by atoms with Gasteiger partial charge in [-0.25, -0.2) is 5.43 Å². The van der Waals surface area contributed by atoms with Crippen LogP contribution in [0.1, 0.15) is 48.0 Å². The minimum Gasteiger partial charge on any atom is -0.399 e. The van der Waals surface area contributed by atoms with E-state index in [1.165, 1.54) is 5.47 Å². The molecular weight excluding hydrogens is 227 g/mol. The Morgan fingerprint density at radius 2 is 1.89 bits per heavy atom. The minimum atomic E-state index is -0.262. The first-order valence-corrected chi connectivity index (χ1v) is 6.85. The number of hydrazine groups is 1. The van der Waals surface area contributed by atoms with Crippen LogP contribution in [0.15, 0.2) is 11.7 Å². The summed E-state index contributed by atoms with van der Waals surface area (Å²) in [6.07, 6.45) is 3.25. The Morgan fingerprint density at radius 1 is 1.33 bits per heavy atom. The van der Waals surface area contributed by atoms with Gasteiger partial charge in [0.2, 0.25) is 0 Å². The van der Waals surface area contributed by atoms with Crippen molar-refractivity contribution >= 4 is 7.12 Å². The van der Waals surface area contributed by atoms with Gasteiger partial charge in [-0.3, -0.25) is 0 Å². The Bertz CT molecular complexity index is 339. The molecule has 0 bridgehead atoms. The molecule has 0 aromatic heterocycles. The van der Waals surface area contributed by atoms with Crippen molar-refractivity contribution in [3.05, 3.63) is 11.7 Å². The molecule has 0 aliphatic carbocycles. The maximum atomic E-state index is 6.05. The van der Waals surface area contributed by atoms with Crippen molar-refractivity contribution in [2.45, 2.75) is 65.2 Å². The largest absolute Gasteiger partial charge is 0.493 e. The second kappa shape index (κ2) is 4.55. The summed E-state index contributed by atoms with van der Waals surface area (Å²) in [5.41, 5.74) is 4.02. The van der Waals surface area contributed by atoms with E-state index in [0.717, 1.165) is 13.0 Å². The van der Waals surface area contributed by atoms with Gasteiger partial charge in [-0.2, -0.15) is 0 Å². The predicted octanol–water partition coefficient (Wildman–Crippen LogP) is 2.12. The van der Waals surface area contributed by atoms with E-state index < -0.39 is 0 Å². The highest BCUT2D eigenvalue weighted by Crippen LogP contribution is 2.38. The van der Waals surface area contributed by atoms with E-state index in [2.05, 4.69) is 58.2 Å². The van der Waals surface area contributed by atoms with Crippen LogP contribution in [-0.2, 0) is 9.31 Å². The number of rotatable bonds is 3. The molecule has 1 atom stereocenters. The highest BCUT2D eigenvalue weighted by Gasteiger charge is 2.52. The smallest absolute Gasteiger partial charge is 0.399 e. The first-order chi connectivity index (χ1) is 8.27. The van der Waals surface area contributed by atoms with Crippen molar-refractivity contribution in [2.24, 2.45) is 0 Å². The van der Waals surface area contributed by atoms with Crippen molar-refractivity contribution in [1.29, 1.82) is 0 Å². The fourth-order valence-corrected chi connectivity index (χ4v) is 2.07. The van der Waals surface area contributed by atoms with Gasteiger partial charge in [0, 0.05) is 18.8 Å². The first kappa shape index (κ1) is 13.9. The summed E-state index contributed by atoms with van der Waals surface area (Å²) in [5, 5.41) is 2.15. The molecule has 102 valence electrons. The lowest BCUT2D eigenvalue weighted by atomic mass is 9.79. The molecule has 5 heteroatoms. The van der Waals surface area contributed by atoms with E-state index in [0.29, 0.717) is 6.04 Å². The molecule has 2 rings (SSSR count). The monoisotopic (exact) mass is 252 g/mol. The van der Waals surface area contributed by atoms with E-state index in [1.807, 2.05) is 0 Å². The average Bonchev–Trinajstić information content (AvgIpc) is 2.82. The molecule has 0 radical (unpaired) electrons. The van der Waals surface area contributed by atoms with E-state index in [4.69, 9.17) is 9.31 Å². The van der Waals surface area contributed by atoms with Gasteiger partial charge in [-0.15, -0.1) is 0 Å². The van der Waals surface area contributed by atoms with Gasteiger partial charge in [-0.05, 0) is 46.5 Å². The van der Waals surface area contributed by atoms with Crippen LogP contribution < -0.4 is 5.43 Å². The Morgan fingerprint density at radius 3 is 2.39 bits per heavy atom. The van der Waals surface area contributed by atoms with E-state index in [9.17, 15) is 0 Å². The fraction of sp³-hybridized carbons (Fsp3) is 0.846. The zero-order valence-corrected chi connectivity index (χ0v) is 12.4. The molecule has 2 aliphatic heterocycles. The number of hydrogen-bond donors (Lipinski definition) is 1. The third-order valence-corrected chi connectivity index (χ3v) is 4.39. The van der Waals surface area contributed by atoms with Crippen LogP contribution in [0.2, 0.25) is 0 Å². The van der Waals surface area contributed by atoms with Gasteiger partial charge in [0.15, 0.2) is 0 Å². The molecular formula is C13H25BN2O2. The Balaban J connectivity index is 2.07. The molecule has 2 heterocycles. The molecule has 1 unspecified atom stereocenters. The van der Waals surface area contributed by atoms with Gasteiger partial charge in [0.05, 0.1) is 11.2 Å². The quantitative estimate of drug-likeness (QED) is 0.780. The van der Waals surface area contributed by atoms with Crippen molar-refractivity contribution in [3.8, 4) is 0 Å².